The molecule has 122 valence electrons. The molecule has 1 fully saturated rings. The highest BCUT2D eigenvalue weighted by molar-refractivity contribution is 5.76. The van der Waals surface area contributed by atoms with Crippen LogP contribution in [0.5, 0.6) is 0 Å². The van der Waals surface area contributed by atoms with Gasteiger partial charge in [0.2, 0.25) is 5.91 Å². The van der Waals surface area contributed by atoms with Crippen LogP contribution < -0.4 is 5.32 Å². The molecule has 7 heteroatoms. The fourth-order valence-corrected chi connectivity index (χ4v) is 2.86. The maximum Gasteiger partial charge on any atom is 0.294 e. The van der Waals surface area contributed by atoms with Crippen molar-refractivity contribution in [2.24, 2.45) is 5.92 Å². The van der Waals surface area contributed by atoms with Gasteiger partial charge in [0.05, 0.1) is 0 Å². The fraction of sp³-hybridized carbons (Fsp3) is 0.929. The molecule has 0 aliphatic heterocycles. The number of hydrogen-bond acceptors (Lipinski definition) is 5. The molecule has 0 spiro atoms. The van der Waals surface area contributed by atoms with E-state index in [1.165, 1.54) is 0 Å². The Morgan fingerprint density at radius 2 is 2.00 bits per heavy atom. The van der Waals surface area contributed by atoms with Gasteiger partial charge >= 0.3 is 0 Å². The Bertz CT molecular complexity index is 334. The van der Waals surface area contributed by atoms with E-state index in [0.717, 1.165) is 38.9 Å². The van der Waals surface area contributed by atoms with E-state index in [1.54, 1.807) is 0 Å². The van der Waals surface area contributed by atoms with E-state index < -0.39 is 11.2 Å². The van der Waals surface area contributed by atoms with E-state index in [1.807, 2.05) is 0 Å². The number of hydrogen-bond donors (Lipinski definition) is 1. The molecule has 1 rings (SSSR count). The first-order chi connectivity index (χ1) is 10.1. The Hall–Kier alpha value is -1.37. The van der Waals surface area contributed by atoms with Gasteiger partial charge in [0.1, 0.15) is 6.10 Å². The maximum absolute atomic E-state index is 11.9. The van der Waals surface area contributed by atoms with Crippen LogP contribution in [0.25, 0.3) is 0 Å². The second-order valence-corrected chi connectivity index (χ2v) is 5.49. The van der Waals surface area contributed by atoms with Crippen LogP contribution in [0.1, 0.15) is 46.0 Å². The largest absolute Gasteiger partial charge is 0.355 e. The summed E-state index contributed by atoms with van der Waals surface area (Å²) in [5.41, 5.74) is 0. The first kappa shape index (κ1) is 17.7. The summed E-state index contributed by atoms with van der Waals surface area (Å²) in [6, 6.07) is 0. The van der Waals surface area contributed by atoms with Crippen LogP contribution in [0.15, 0.2) is 0 Å². The molecule has 0 unspecified atom stereocenters. The predicted molar refractivity (Wildman–Crippen MR) is 79.2 cm³/mol. The third-order valence-corrected chi connectivity index (χ3v) is 4.15. The van der Waals surface area contributed by atoms with Gasteiger partial charge in [0.25, 0.3) is 5.09 Å². The topological polar surface area (TPSA) is 84.7 Å². The average Bonchev–Trinajstić information content (AvgIpc) is 2.45. The third-order valence-electron chi connectivity index (χ3n) is 4.15. The first-order valence-electron chi connectivity index (χ1n) is 7.87. The number of likely N-dealkylation sites (N-methyl/N-ethyl adjacent to an activating group) is 1. The average molecular weight is 301 g/mol. The van der Waals surface area contributed by atoms with Crippen molar-refractivity contribution < 1.29 is 14.7 Å². The molecular weight excluding hydrogens is 274 g/mol. The van der Waals surface area contributed by atoms with E-state index in [9.17, 15) is 14.9 Å². The number of carbonyl (C=O) groups excluding carboxylic acids is 1. The number of carbonyl (C=O) groups is 1. The van der Waals surface area contributed by atoms with Gasteiger partial charge in [-0.05, 0) is 31.8 Å². The zero-order valence-corrected chi connectivity index (χ0v) is 13.0. The van der Waals surface area contributed by atoms with Crippen molar-refractivity contribution in [3.05, 3.63) is 10.1 Å². The van der Waals surface area contributed by atoms with E-state index in [4.69, 9.17) is 4.84 Å². The zero-order chi connectivity index (χ0) is 15.7. The van der Waals surface area contributed by atoms with Crippen molar-refractivity contribution in [3.8, 4) is 0 Å². The van der Waals surface area contributed by atoms with E-state index in [-0.39, 0.29) is 11.8 Å². The highest BCUT2D eigenvalue weighted by atomic mass is 17.0. The monoisotopic (exact) mass is 301 g/mol. The minimum Gasteiger partial charge on any atom is -0.355 e. The lowest BCUT2D eigenvalue weighted by Crippen LogP contribution is -2.38. The standard InChI is InChI=1S/C14H27N3O4/c1-3-16(4-2)10-9-15-14(18)11-12-7-5-6-8-13(12)21-17(19)20/h12-13H,3-11H2,1-2H3,(H,15,18)/t12-,13+/m0/s1. The lowest BCUT2D eigenvalue weighted by molar-refractivity contribution is -0.771. The normalized spacial score (nSPS) is 22.0. The van der Waals surface area contributed by atoms with Crippen LogP contribution in [-0.4, -0.2) is 48.2 Å². The fourth-order valence-electron chi connectivity index (χ4n) is 2.86. The molecule has 21 heavy (non-hydrogen) atoms. The molecule has 1 N–H and O–H groups in total. The predicted octanol–water partition coefficient (Wildman–Crippen LogP) is 1.60. The lowest BCUT2D eigenvalue weighted by Gasteiger charge is -2.29. The first-order valence-corrected chi connectivity index (χ1v) is 7.87. The molecular formula is C14H27N3O4. The van der Waals surface area contributed by atoms with Gasteiger partial charge in [0, 0.05) is 19.5 Å². The van der Waals surface area contributed by atoms with E-state index >= 15 is 0 Å². The van der Waals surface area contributed by atoms with Crippen molar-refractivity contribution in [2.75, 3.05) is 26.2 Å². The lowest BCUT2D eigenvalue weighted by atomic mass is 9.84. The summed E-state index contributed by atoms with van der Waals surface area (Å²) in [5, 5.41) is 12.7. The van der Waals surface area contributed by atoms with E-state index in [0.29, 0.717) is 19.4 Å². The molecule has 0 aromatic heterocycles. The van der Waals surface area contributed by atoms with Crippen molar-refractivity contribution in [1.82, 2.24) is 10.2 Å². The van der Waals surface area contributed by atoms with Crippen molar-refractivity contribution in [1.29, 1.82) is 0 Å². The summed E-state index contributed by atoms with van der Waals surface area (Å²) in [7, 11) is 0. The van der Waals surface area contributed by atoms with Gasteiger partial charge < -0.3 is 15.1 Å². The van der Waals surface area contributed by atoms with Crippen LogP contribution >= 0.6 is 0 Å². The van der Waals surface area contributed by atoms with Crippen molar-refractivity contribution in [3.63, 3.8) is 0 Å². The second kappa shape index (κ2) is 9.55. The summed E-state index contributed by atoms with van der Waals surface area (Å²) < 4.78 is 0. The highest BCUT2D eigenvalue weighted by Gasteiger charge is 2.29. The molecule has 1 aliphatic rings. The van der Waals surface area contributed by atoms with Gasteiger partial charge in [-0.1, -0.05) is 26.7 Å². The minimum absolute atomic E-state index is 0.0361. The summed E-state index contributed by atoms with van der Waals surface area (Å²) >= 11 is 0. The molecule has 2 atom stereocenters. The number of nitrogens with one attached hydrogen (secondary N) is 1. The summed E-state index contributed by atoms with van der Waals surface area (Å²) in [6.07, 6.45) is 3.31. The molecule has 1 amide bonds. The van der Waals surface area contributed by atoms with Gasteiger partial charge in [-0.15, -0.1) is 10.1 Å². The molecule has 1 saturated carbocycles. The Morgan fingerprint density at radius 3 is 2.62 bits per heavy atom. The Kier molecular flexibility index (Phi) is 8.04. The minimum atomic E-state index is -0.735. The molecule has 0 radical (unpaired) electrons. The van der Waals surface area contributed by atoms with Gasteiger partial charge in [0.15, 0.2) is 0 Å². The number of nitrogens with zero attached hydrogens (tertiary/aromatic N) is 2. The van der Waals surface area contributed by atoms with Crippen LogP contribution in [0, 0.1) is 16.0 Å². The number of rotatable bonds is 9. The second-order valence-electron chi connectivity index (χ2n) is 5.49. The Labute approximate surface area is 126 Å². The van der Waals surface area contributed by atoms with Crippen LogP contribution in [0.2, 0.25) is 0 Å². The SMILES string of the molecule is CCN(CC)CCNC(=O)C[C@@H]1CCCC[C@H]1O[N+](=O)[O-]. The Balaban J connectivity index is 2.32. The summed E-state index contributed by atoms with van der Waals surface area (Å²) in [5.74, 6) is -0.0800. The molecule has 1 aliphatic carbocycles. The van der Waals surface area contributed by atoms with Gasteiger partial charge in [-0.2, -0.15) is 0 Å². The van der Waals surface area contributed by atoms with Crippen molar-refractivity contribution >= 4 is 5.91 Å². The number of amides is 1. The molecule has 0 aromatic rings. The highest BCUT2D eigenvalue weighted by Crippen LogP contribution is 2.29. The van der Waals surface area contributed by atoms with Crippen molar-refractivity contribution in [2.45, 2.75) is 52.1 Å². The third kappa shape index (κ3) is 6.75. The van der Waals surface area contributed by atoms with Crippen LogP contribution in [0.3, 0.4) is 0 Å². The molecule has 0 aromatic carbocycles. The maximum atomic E-state index is 11.9. The van der Waals surface area contributed by atoms with Gasteiger partial charge in [-0.25, -0.2) is 0 Å². The Morgan fingerprint density at radius 1 is 1.33 bits per heavy atom. The zero-order valence-electron chi connectivity index (χ0n) is 13.0. The molecule has 0 heterocycles. The van der Waals surface area contributed by atoms with Crippen LogP contribution in [0.4, 0.5) is 0 Å². The quantitative estimate of drug-likeness (QED) is 0.516. The van der Waals surface area contributed by atoms with E-state index in [2.05, 4.69) is 24.1 Å². The smallest absolute Gasteiger partial charge is 0.294 e. The summed E-state index contributed by atoms with van der Waals surface area (Å²) in [4.78, 5) is 29.4. The molecule has 7 nitrogen and oxygen atoms in total. The van der Waals surface area contributed by atoms with Crippen LogP contribution in [-0.2, 0) is 9.63 Å². The summed E-state index contributed by atoms with van der Waals surface area (Å²) in [6.45, 7) is 7.56. The molecule has 0 saturated heterocycles. The van der Waals surface area contributed by atoms with Gasteiger partial charge in [-0.3, -0.25) is 4.79 Å². The molecule has 0 bridgehead atoms.